The number of anilines is 1. The van der Waals surface area contributed by atoms with Crippen LogP contribution in [0.4, 0.5) is 5.95 Å². The lowest BCUT2D eigenvalue weighted by Crippen LogP contribution is -2.12. The van der Waals surface area contributed by atoms with Crippen LogP contribution in [0.3, 0.4) is 0 Å². The molecule has 2 N–H and O–H groups in total. The molecule has 1 heterocycles. The number of nitrogens with one attached hydrogen (secondary N) is 1. The minimum absolute atomic E-state index is 0.0189. The maximum absolute atomic E-state index is 10.9. The van der Waals surface area contributed by atoms with Crippen LogP contribution in [-0.4, -0.2) is 21.0 Å². The zero-order chi connectivity index (χ0) is 13.8. The van der Waals surface area contributed by atoms with Gasteiger partial charge < -0.3 is 10.4 Å². The molecule has 19 heavy (non-hydrogen) atoms. The molecule has 1 unspecified atom stereocenters. The molecule has 98 valence electrons. The Kier molecular flexibility index (Phi) is 3.97. The number of aromatic carboxylic acids is 1. The van der Waals surface area contributed by atoms with Crippen LogP contribution >= 0.6 is 11.6 Å². The summed E-state index contributed by atoms with van der Waals surface area (Å²) in [5.74, 6) is -0.944. The summed E-state index contributed by atoms with van der Waals surface area (Å²) in [5.41, 5.74) is 0.845. The average Bonchev–Trinajstić information content (AvgIpc) is 2.41. The van der Waals surface area contributed by atoms with Gasteiger partial charge in [0.2, 0.25) is 5.95 Å². The van der Waals surface area contributed by atoms with Crippen molar-refractivity contribution >= 4 is 23.5 Å². The van der Waals surface area contributed by atoms with E-state index in [1.807, 2.05) is 37.3 Å². The van der Waals surface area contributed by atoms with E-state index in [4.69, 9.17) is 16.7 Å². The van der Waals surface area contributed by atoms with Crippen molar-refractivity contribution in [1.29, 1.82) is 0 Å². The fraction of sp³-hybridized carbons (Fsp3) is 0.154. The molecular formula is C13H12ClN3O2. The molecule has 6 heteroatoms. The van der Waals surface area contributed by atoms with Gasteiger partial charge >= 0.3 is 5.97 Å². The summed E-state index contributed by atoms with van der Waals surface area (Å²) in [7, 11) is 0. The molecule has 0 aliphatic rings. The molecule has 1 aromatic carbocycles. The SMILES string of the molecule is CC(Nc1ncc(Cl)c(C(=O)O)n1)c1ccccc1. The highest BCUT2D eigenvalue weighted by Gasteiger charge is 2.14. The van der Waals surface area contributed by atoms with E-state index in [2.05, 4.69) is 15.3 Å². The van der Waals surface area contributed by atoms with Crippen LogP contribution in [0.5, 0.6) is 0 Å². The number of carboxylic acid groups (broad SMARTS) is 1. The molecule has 0 radical (unpaired) electrons. The van der Waals surface area contributed by atoms with Gasteiger partial charge in [-0.2, -0.15) is 0 Å². The second-order valence-electron chi connectivity index (χ2n) is 3.97. The Balaban J connectivity index is 2.20. The average molecular weight is 278 g/mol. The number of aromatic nitrogens is 2. The first-order valence-electron chi connectivity index (χ1n) is 5.65. The lowest BCUT2D eigenvalue weighted by atomic mass is 10.1. The van der Waals surface area contributed by atoms with E-state index < -0.39 is 5.97 Å². The quantitative estimate of drug-likeness (QED) is 0.898. The van der Waals surface area contributed by atoms with E-state index >= 15 is 0 Å². The van der Waals surface area contributed by atoms with E-state index in [1.165, 1.54) is 6.20 Å². The zero-order valence-electron chi connectivity index (χ0n) is 10.2. The van der Waals surface area contributed by atoms with Crippen LogP contribution in [0.15, 0.2) is 36.5 Å². The van der Waals surface area contributed by atoms with Gasteiger partial charge in [-0.1, -0.05) is 41.9 Å². The van der Waals surface area contributed by atoms with E-state index in [1.54, 1.807) is 0 Å². The first-order chi connectivity index (χ1) is 9.08. The van der Waals surface area contributed by atoms with Gasteiger partial charge in [0.05, 0.1) is 17.3 Å². The number of carbonyl (C=O) groups is 1. The van der Waals surface area contributed by atoms with Crippen molar-refractivity contribution in [2.45, 2.75) is 13.0 Å². The number of benzene rings is 1. The third kappa shape index (κ3) is 3.20. The maximum atomic E-state index is 10.9. The lowest BCUT2D eigenvalue weighted by molar-refractivity contribution is 0.0690. The second-order valence-corrected chi connectivity index (χ2v) is 4.38. The van der Waals surface area contributed by atoms with Gasteiger partial charge in [-0.3, -0.25) is 0 Å². The lowest BCUT2D eigenvalue weighted by Gasteiger charge is -2.14. The molecule has 1 aromatic heterocycles. The van der Waals surface area contributed by atoms with Gasteiger partial charge in [0.15, 0.2) is 5.69 Å². The fourth-order valence-corrected chi connectivity index (χ4v) is 1.78. The Hall–Kier alpha value is -2.14. The summed E-state index contributed by atoms with van der Waals surface area (Å²) in [4.78, 5) is 18.8. The molecule has 0 aliphatic heterocycles. The zero-order valence-corrected chi connectivity index (χ0v) is 10.9. The van der Waals surface area contributed by atoms with Gasteiger partial charge in [0, 0.05) is 0 Å². The Labute approximate surface area is 115 Å². The van der Waals surface area contributed by atoms with E-state index in [-0.39, 0.29) is 22.7 Å². The van der Waals surface area contributed by atoms with Crippen molar-refractivity contribution < 1.29 is 9.90 Å². The maximum Gasteiger partial charge on any atom is 0.356 e. The molecule has 0 aliphatic carbocycles. The molecule has 1 atom stereocenters. The fourth-order valence-electron chi connectivity index (χ4n) is 1.61. The molecule has 0 saturated carbocycles. The molecule has 0 fully saturated rings. The van der Waals surface area contributed by atoms with Crippen molar-refractivity contribution in [2.75, 3.05) is 5.32 Å². The Morgan fingerprint density at radius 3 is 2.68 bits per heavy atom. The number of carboxylic acids is 1. The topological polar surface area (TPSA) is 75.1 Å². The van der Waals surface area contributed by atoms with Gasteiger partial charge in [0.25, 0.3) is 0 Å². The third-order valence-corrected chi connectivity index (χ3v) is 2.87. The Morgan fingerprint density at radius 1 is 1.37 bits per heavy atom. The van der Waals surface area contributed by atoms with Crippen LogP contribution in [0.1, 0.15) is 29.0 Å². The van der Waals surface area contributed by atoms with Gasteiger partial charge in [-0.25, -0.2) is 14.8 Å². The highest BCUT2D eigenvalue weighted by Crippen LogP contribution is 2.19. The standard InChI is InChI=1S/C13H12ClN3O2/c1-8(9-5-3-2-4-6-9)16-13-15-7-10(14)11(17-13)12(18)19/h2-8H,1H3,(H,18,19)(H,15,16,17). The Morgan fingerprint density at radius 2 is 2.05 bits per heavy atom. The molecule has 0 saturated heterocycles. The molecule has 0 bridgehead atoms. The highest BCUT2D eigenvalue weighted by molar-refractivity contribution is 6.33. The molecule has 2 rings (SSSR count). The summed E-state index contributed by atoms with van der Waals surface area (Å²) in [5, 5.41) is 12.0. The van der Waals surface area contributed by atoms with Gasteiger partial charge in [0.1, 0.15) is 0 Å². The third-order valence-electron chi connectivity index (χ3n) is 2.59. The molecule has 2 aromatic rings. The number of halogens is 1. The van der Waals surface area contributed by atoms with Gasteiger partial charge in [-0.15, -0.1) is 0 Å². The summed E-state index contributed by atoms with van der Waals surface area (Å²) >= 11 is 5.71. The summed E-state index contributed by atoms with van der Waals surface area (Å²) in [6.07, 6.45) is 1.28. The van der Waals surface area contributed by atoms with Crippen LogP contribution in [0.25, 0.3) is 0 Å². The van der Waals surface area contributed by atoms with Crippen LogP contribution < -0.4 is 5.32 Å². The van der Waals surface area contributed by atoms with Gasteiger partial charge in [-0.05, 0) is 12.5 Å². The van der Waals surface area contributed by atoms with E-state index in [0.29, 0.717) is 0 Å². The highest BCUT2D eigenvalue weighted by atomic mass is 35.5. The first-order valence-corrected chi connectivity index (χ1v) is 6.03. The molecular weight excluding hydrogens is 266 g/mol. The van der Waals surface area contributed by atoms with Crippen molar-refractivity contribution in [3.63, 3.8) is 0 Å². The predicted octanol–water partition coefficient (Wildman–Crippen LogP) is 3.00. The smallest absolute Gasteiger partial charge is 0.356 e. The van der Waals surface area contributed by atoms with E-state index in [0.717, 1.165) is 5.56 Å². The molecule has 5 nitrogen and oxygen atoms in total. The Bertz CT molecular complexity index is 590. The van der Waals surface area contributed by atoms with Crippen molar-refractivity contribution in [3.05, 3.63) is 52.8 Å². The number of hydrogen-bond acceptors (Lipinski definition) is 4. The predicted molar refractivity (Wildman–Crippen MR) is 72.5 cm³/mol. The summed E-state index contributed by atoms with van der Waals surface area (Å²) < 4.78 is 0. The number of nitrogens with zero attached hydrogens (tertiary/aromatic N) is 2. The normalized spacial score (nSPS) is 11.9. The minimum Gasteiger partial charge on any atom is -0.476 e. The number of hydrogen-bond donors (Lipinski definition) is 2. The van der Waals surface area contributed by atoms with Crippen molar-refractivity contribution in [2.24, 2.45) is 0 Å². The molecule has 0 spiro atoms. The van der Waals surface area contributed by atoms with Crippen molar-refractivity contribution in [1.82, 2.24) is 9.97 Å². The second kappa shape index (κ2) is 5.67. The largest absolute Gasteiger partial charge is 0.476 e. The van der Waals surface area contributed by atoms with E-state index in [9.17, 15) is 4.79 Å². The summed E-state index contributed by atoms with van der Waals surface area (Å²) in [6, 6.07) is 9.68. The first kappa shape index (κ1) is 13.3. The summed E-state index contributed by atoms with van der Waals surface area (Å²) in [6.45, 7) is 1.94. The minimum atomic E-state index is -1.18. The molecule has 0 amide bonds. The van der Waals surface area contributed by atoms with Crippen LogP contribution in [-0.2, 0) is 0 Å². The van der Waals surface area contributed by atoms with Crippen molar-refractivity contribution in [3.8, 4) is 0 Å². The van der Waals surface area contributed by atoms with Crippen LogP contribution in [0.2, 0.25) is 5.02 Å². The number of rotatable bonds is 4. The van der Waals surface area contributed by atoms with Crippen LogP contribution in [0, 0.1) is 0 Å². The monoisotopic (exact) mass is 277 g/mol.